The largest absolute Gasteiger partial charge is 0.497 e. The summed E-state index contributed by atoms with van der Waals surface area (Å²) in [5.41, 5.74) is 5.32. The molecule has 1 atom stereocenters. The summed E-state index contributed by atoms with van der Waals surface area (Å²) in [5, 5.41) is 0. The third kappa shape index (κ3) is 4.19. The van der Waals surface area contributed by atoms with Gasteiger partial charge in [0.2, 0.25) is 3.79 Å². The van der Waals surface area contributed by atoms with E-state index in [4.69, 9.17) is 50.0 Å². The number of ether oxygens (including phenoxy) is 2. The van der Waals surface area contributed by atoms with Crippen LogP contribution in [-0.2, 0) is 11.3 Å². The number of benzene rings is 1. The molecule has 0 radical (unpaired) electrons. The molecule has 0 saturated carbocycles. The molecule has 1 unspecified atom stereocenters. The molecule has 96 valence electrons. The van der Waals surface area contributed by atoms with Crippen LogP contribution in [0.25, 0.3) is 0 Å². The van der Waals surface area contributed by atoms with E-state index in [0.29, 0.717) is 0 Å². The van der Waals surface area contributed by atoms with Crippen LogP contribution in [0, 0.1) is 0 Å². The summed E-state index contributed by atoms with van der Waals surface area (Å²) >= 11 is 17.1. The van der Waals surface area contributed by atoms with Gasteiger partial charge >= 0.3 is 0 Å². The summed E-state index contributed by atoms with van der Waals surface area (Å²) in [5.74, 6) is 0.769. The number of alkyl halides is 3. The van der Waals surface area contributed by atoms with Gasteiger partial charge in [-0.1, -0.05) is 46.9 Å². The summed E-state index contributed by atoms with van der Waals surface area (Å²) < 4.78 is 8.75. The molecule has 6 heteroatoms. The van der Waals surface area contributed by atoms with Crippen LogP contribution in [0.5, 0.6) is 5.75 Å². The Morgan fingerprint density at radius 2 is 1.71 bits per heavy atom. The first kappa shape index (κ1) is 14.9. The molecule has 3 nitrogen and oxygen atoms in total. The van der Waals surface area contributed by atoms with Crippen LogP contribution < -0.4 is 10.5 Å². The second kappa shape index (κ2) is 5.63. The third-order valence-electron chi connectivity index (χ3n) is 2.26. The Morgan fingerprint density at radius 1 is 1.18 bits per heavy atom. The molecule has 0 bridgehead atoms. The van der Waals surface area contributed by atoms with Gasteiger partial charge in [-0.05, 0) is 24.6 Å². The van der Waals surface area contributed by atoms with Gasteiger partial charge in [-0.25, -0.2) is 0 Å². The lowest BCUT2D eigenvalue weighted by molar-refractivity contribution is -0.0357. The fraction of sp³-hybridized carbons (Fsp3) is 0.455. The number of hydrogen-bond acceptors (Lipinski definition) is 3. The van der Waals surface area contributed by atoms with Crippen LogP contribution in [0.3, 0.4) is 0 Å². The Morgan fingerprint density at radius 3 is 2.12 bits per heavy atom. The molecule has 1 aromatic carbocycles. The zero-order valence-corrected chi connectivity index (χ0v) is 11.8. The first-order valence-corrected chi connectivity index (χ1v) is 6.02. The average molecular weight is 299 g/mol. The number of halogens is 3. The molecule has 1 rings (SSSR count). The summed E-state index contributed by atoms with van der Waals surface area (Å²) in [6, 6.07) is 7.35. The summed E-state index contributed by atoms with van der Waals surface area (Å²) in [6.45, 7) is 1.77. The van der Waals surface area contributed by atoms with E-state index in [-0.39, 0.29) is 6.61 Å². The van der Waals surface area contributed by atoms with Crippen molar-refractivity contribution in [3.63, 3.8) is 0 Å². The lowest BCUT2D eigenvalue weighted by Gasteiger charge is -2.31. The maximum Gasteiger partial charge on any atom is 0.231 e. The van der Waals surface area contributed by atoms with Gasteiger partial charge in [0, 0.05) is 0 Å². The number of nitrogens with two attached hydrogens (primary N) is 1. The van der Waals surface area contributed by atoms with E-state index in [0.717, 1.165) is 11.3 Å². The van der Waals surface area contributed by atoms with Crippen molar-refractivity contribution in [1.82, 2.24) is 0 Å². The lowest BCUT2D eigenvalue weighted by atomic mass is 10.2. The van der Waals surface area contributed by atoms with E-state index in [1.807, 2.05) is 24.3 Å². The molecule has 0 heterocycles. The third-order valence-corrected chi connectivity index (χ3v) is 3.39. The van der Waals surface area contributed by atoms with Crippen LogP contribution in [-0.4, -0.2) is 16.6 Å². The number of rotatable bonds is 4. The Labute approximate surface area is 116 Å². The topological polar surface area (TPSA) is 44.5 Å². The minimum atomic E-state index is -1.68. The lowest BCUT2D eigenvalue weighted by Crippen LogP contribution is -2.51. The normalized spacial score (nSPS) is 15.4. The van der Waals surface area contributed by atoms with Crippen molar-refractivity contribution in [3.05, 3.63) is 29.8 Å². The molecular formula is C11H14Cl3NO2. The van der Waals surface area contributed by atoms with Crippen molar-refractivity contribution in [2.45, 2.75) is 23.0 Å². The van der Waals surface area contributed by atoms with Gasteiger partial charge in [0.15, 0.2) is 5.72 Å². The van der Waals surface area contributed by atoms with Gasteiger partial charge < -0.3 is 15.2 Å². The summed E-state index contributed by atoms with van der Waals surface area (Å²) in [7, 11) is 1.60. The molecule has 0 aliphatic carbocycles. The van der Waals surface area contributed by atoms with E-state index < -0.39 is 9.52 Å². The van der Waals surface area contributed by atoms with Crippen LogP contribution in [0.4, 0.5) is 0 Å². The summed E-state index contributed by atoms with van der Waals surface area (Å²) in [4.78, 5) is 0. The Hall–Kier alpha value is -0.190. The first-order chi connectivity index (χ1) is 7.76. The van der Waals surface area contributed by atoms with Gasteiger partial charge in [-0.3, -0.25) is 0 Å². The highest BCUT2D eigenvalue weighted by molar-refractivity contribution is 6.68. The average Bonchev–Trinajstić information content (AvgIpc) is 2.25. The second-order valence-electron chi connectivity index (χ2n) is 3.74. The van der Waals surface area contributed by atoms with E-state index in [1.54, 1.807) is 7.11 Å². The molecule has 0 aromatic heterocycles. The minimum Gasteiger partial charge on any atom is -0.497 e. The fourth-order valence-electron chi connectivity index (χ4n) is 1.04. The van der Waals surface area contributed by atoms with Crippen LogP contribution >= 0.6 is 34.8 Å². The van der Waals surface area contributed by atoms with Crippen molar-refractivity contribution in [2.24, 2.45) is 5.73 Å². The minimum absolute atomic E-state index is 0.255. The van der Waals surface area contributed by atoms with Crippen molar-refractivity contribution in [1.29, 1.82) is 0 Å². The number of methoxy groups -OCH3 is 1. The van der Waals surface area contributed by atoms with E-state index in [2.05, 4.69) is 0 Å². The predicted octanol–water partition coefficient (Wildman–Crippen LogP) is 3.26. The SMILES string of the molecule is COc1ccc(COC(C)(N)C(Cl)(Cl)Cl)cc1. The van der Waals surface area contributed by atoms with Crippen molar-refractivity contribution >= 4 is 34.8 Å². The van der Waals surface area contributed by atoms with Gasteiger partial charge in [-0.2, -0.15) is 0 Å². The molecule has 0 saturated heterocycles. The summed E-state index contributed by atoms with van der Waals surface area (Å²) in [6.07, 6.45) is 0. The highest BCUT2D eigenvalue weighted by Gasteiger charge is 2.42. The van der Waals surface area contributed by atoms with Gasteiger partial charge in [0.1, 0.15) is 5.75 Å². The van der Waals surface area contributed by atoms with E-state index >= 15 is 0 Å². The molecule has 2 N–H and O–H groups in total. The molecular weight excluding hydrogens is 284 g/mol. The van der Waals surface area contributed by atoms with Gasteiger partial charge in [-0.15, -0.1) is 0 Å². The molecule has 0 spiro atoms. The van der Waals surface area contributed by atoms with Crippen molar-refractivity contribution < 1.29 is 9.47 Å². The van der Waals surface area contributed by atoms with E-state index in [1.165, 1.54) is 6.92 Å². The molecule has 1 aromatic rings. The van der Waals surface area contributed by atoms with Crippen LogP contribution in [0.15, 0.2) is 24.3 Å². The molecule has 0 aliphatic rings. The predicted molar refractivity (Wildman–Crippen MR) is 70.7 cm³/mol. The highest BCUT2D eigenvalue weighted by atomic mass is 35.6. The van der Waals surface area contributed by atoms with Crippen LogP contribution in [0.1, 0.15) is 12.5 Å². The molecule has 17 heavy (non-hydrogen) atoms. The molecule has 0 amide bonds. The molecule has 0 aliphatic heterocycles. The van der Waals surface area contributed by atoms with Gasteiger partial charge in [0.05, 0.1) is 13.7 Å². The standard InChI is InChI=1S/C11H14Cl3NO2/c1-10(15,11(12,13)14)17-7-8-3-5-9(16-2)6-4-8/h3-6H,7,15H2,1-2H3. The zero-order valence-electron chi connectivity index (χ0n) is 9.54. The maximum atomic E-state index is 5.75. The van der Waals surface area contributed by atoms with Crippen molar-refractivity contribution in [2.75, 3.05) is 7.11 Å². The monoisotopic (exact) mass is 297 g/mol. The first-order valence-electron chi connectivity index (χ1n) is 4.89. The van der Waals surface area contributed by atoms with Crippen LogP contribution in [0.2, 0.25) is 0 Å². The Bertz CT molecular complexity index is 360. The molecule has 0 fully saturated rings. The van der Waals surface area contributed by atoms with Crippen molar-refractivity contribution in [3.8, 4) is 5.75 Å². The fourth-order valence-corrected chi connectivity index (χ4v) is 1.20. The Kier molecular flexibility index (Phi) is 4.93. The zero-order chi connectivity index (χ0) is 13.1. The highest BCUT2D eigenvalue weighted by Crippen LogP contribution is 2.37. The number of hydrogen-bond donors (Lipinski definition) is 1. The smallest absolute Gasteiger partial charge is 0.231 e. The second-order valence-corrected chi connectivity index (χ2v) is 6.02. The maximum absolute atomic E-state index is 5.75. The Balaban J connectivity index is 2.61. The van der Waals surface area contributed by atoms with Gasteiger partial charge in [0.25, 0.3) is 0 Å². The van der Waals surface area contributed by atoms with E-state index in [9.17, 15) is 0 Å². The quantitative estimate of drug-likeness (QED) is 0.685.